The van der Waals surface area contributed by atoms with Crippen LogP contribution in [0.1, 0.15) is 44.6 Å². The molecule has 0 bridgehead atoms. The molecule has 0 aliphatic heterocycles. The Balaban J connectivity index is 2.16. The molecule has 0 aromatic carbocycles. The highest BCUT2D eigenvalue weighted by atomic mass is 16.2. The number of aromatic nitrogens is 2. The summed E-state index contributed by atoms with van der Waals surface area (Å²) in [4.78, 5) is 12.3. The van der Waals surface area contributed by atoms with Gasteiger partial charge in [0.05, 0.1) is 6.20 Å². The number of nitriles is 1. The quantitative estimate of drug-likeness (QED) is 0.869. The molecule has 0 unspecified atom stereocenters. The zero-order chi connectivity index (χ0) is 13.2. The van der Waals surface area contributed by atoms with Crippen molar-refractivity contribution in [2.45, 2.75) is 39.0 Å². The molecule has 1 heterocycles. The first-order valence-electron chi connectivity index (χ1n) is 6.30. The molecule has 5 heteroatoms. The molecular formula is C13H18N4O. The topological polar surface area (TPSA) is 70.7 Å². The van der Waals surface area contributed by atoms with Crippen LogP contribution in [0.2, 0.25) is 0 Å². The van der Waals surface area contributed by atoms with Gasteiger partial charge in [-0.25, -0.2) is 0 Å². The number of nitrogens with one attached hydrogen (secondary N) is 1. The Labute approximate surface area is 107 Å². The van der Waals surface area contributed by atoms with Crippen molar-refractivity contribution in [2.75, 3.05) is 5.32 Å². The Hall–Kier alpha value is -1.83. The van der Waals surface area contributed by atoms with E-state index in [0.29, 0.717) is 11.4 Å². The Morgan fingerprint density at radius 2 is 2.17 bits per heavy atom. The highest BCUT2D eigenvalue weighted by Crippen LogP contribution is 2.36. The smallest absolute Gasteiger partial charge is 0.231 e. The first-order chi connectivity index (χ1) is 8.57. The minimum atomic E-state index is -0.310. The van der Waals surface area contributed by atoms with Gasteiger partial charge in [0.2, 0.25) is 5.91 Å². The third kappa shape index (κ3) is 2.23. The third-order valence-electron chi connectivity index (χ3n) is 3.80. The molecule has 2 rings (SSSR count). The largest absolute Gasteiger partial charge is 0.309 e. The number of carbonyl (C=O) groups excluding carboxylic acids is 1. The van der Waals surface area contributed by atoms with Crippen LogP contribution in [0.3, 0.4) is 0 Å². The van der Waals surface area contributed by atoms with Gasteiger partial charge in [0.15, 0.2) is 0 Å². The molecule has 1 amide bonds. The van der Waals surface area contributed by atoms with Crippen molar-refractivity contribution in [3.8, 4) is 6.07 Å². The number of amides is 1. The van der Waals surface area contributed by atoms with Crippen molar-refractivity contribution in [1.82, 2.24) is 9.78 Å². The van der Waals surface area contributed by atoms with Gasteiger partial charge < -0.3 is 5.32 Å². The van der Waals surface area contributed by atoms with Crippen LogP contribution in [0, 0.1) is 16.7 Å². The summed E-state index contributed by atoms with van der Waals surface area (Å²) in [5.74, 6) is 0.497. The fourth-order valence-corrected chi connectivity index (χ4v) is 2.49. The van der Waals surface area contributed by atoms with E-state index < -0.39 is 0 Å². The van der Waals surface area contributed by atoms with Gasteiger partial charge in [-0.2, -0.15) is 10.4 Å². The van der Waals surface area contributed by atoms with Crippen molar-refractivity contribution in [3.63, 3.8) is 0 Å². The molecule has 1 N–H and O–H groups in total. The summed E-state index contributed by atoms with van der Waals surface area (Å²) in [6.45, 7) is 2.00. The summed E-state index contributed by atoms with van der Waals surface area (Å²) in [6, 6.07) is 2.04. The minimum Gasteiger partial charge on any atom is -0.309 e. The van der Waals surface area contributed by atoms with Gasteiger partial charge in [-0.1, -0.05) is 26.2 Å². The summed E-state index contributed by atoms with van der Waals surface area (Å²) in [7, 11) is 1.72. The van der Waals surface area contributed by atoms with Crippen LogP contribution in [0.5, 0.6) is 0 Å². The van der Waals surface area contributed by atoms with Crippen molar-refractivity contribution in [1.29, 1.82) is 5.26 Å². The number of hydrogen-bond donors (Lipinski definition) is 1. The van der Waals surface area contributed by atoms with E-state index in [4.69, 9.17) is 5.26 Å². The maximum Gasteiger partial charge on any atom is 0.231 e. The summed E-state index contributed by atoms with van der Waals surface area (Å²) in [6.07, 6.45) is 6.70. The first kappa shape index (κ1) is 12.6. The highest BCUT2D eigenvalue weighted by Gasteiger charge is 2.35. The maximum atomic E-state index is 12.3. The monoisotopic (exact) mass is 246 g/mol. The summed E-state index contributed by atoms with van der Waals surface area (Å²) in [5, 5.41) is 15.8. The van der Waals surface area contributed by atoms with E-state index in [0.717, 1.165) is 25.7 Å². The fraction of sp³-hybridized carbons (Fsp3) is 0.615. The van der Waals surface area contributed by atoms with E-state index in [9.17, 15) is 4.79 Å². The zero-order valence-corrected chi connectivity index (χ0v) is 10.9. The van der Waals surface area contributed by atoms with Gasteiger partial charge in [-0.3, -0.25) is 9.48 Å². The third-order valence-corrected chi connectivity index (χ3v) is 3.80. The molecular weight excluding hydrogens is 228 g/mol. The van der Waals surface area contributed by atoms with Crippen LogP contribution < -0.4 is 5.32 Å². The van der Waals surface area contributed by atoms with E-state index in [1.165, 1.54) is 17.3 Å². The second-order valence-corrected chi connectivity index (χ2v) is 5.22. The predicted molar refractivity (Wildman–Crippen MR) is 67.7 cm³/mol. The van der Waals surface area contributed by atoms with Crippen LogP contribution in [-0.2, 0) is 11.8 Å². The number of rotatable bonds is 2. The second-order valence-electron chi connectivity index (χ2n) is 5.22. The van der Waals surface area contributed by atoms with E-state index in [1.807, 2.05) is 13.0 Å². The molecule has 96 valence electrons. The summed E-state index contributed by atoms with van der Waals surface area (Å²) >= 11 is 0. The molecule has 1 aliphatic rings. The van der Waals surface area contributed by atoms with Gasteiger partial charge >= 0.3 is 0 Å². The number of hydrogen-bond acceptors (Lipinski definition) is 3. The Bertz CT molecular complexity index is 492. The van der Waals surface area contributed by atoms with Crippen molar-refractivity contribution in [2.24, 2.45) is 12.5 Å². The molecule has 1 aromatic heterocycles. The molecule has 0 radical (unpaired) electrons. The summed E-state index contributed by atoms with van der Waals surface area (Å²) in [5.41, 5.74) is 0.0974. The van der Waals surface area contributed by atoms with Crippen molar-refractivity contribution >= 4 is 11.7 Å². The molecule has 1 aliphatic carbocycles. The molecule has 1 saturated carbocycles. The average Bonchev–Trinajstić information content (AvgIpc) is 2.71. The van der Waals surface area contributed by atoms with Gasteiger partial charge in [0.25, 0.3) is 0 Å². The normalized spacial score (nSPS) is 18.1. The summed E-state index contributed by atoms with van der Waals surface area (Å²) < 4.78 is 1.53. The lowest BCUT2D eigenvalue weighted by atomic mass is 9.75. The van der Waals surface area contributed by atoms with Gasteiger partial charge in [0.1, 0.15) is 17.5 Å². The second kappa shape index (κ2) is 4.81. The molecule has 0 saturated heterocycles. The Morgan fingerprint density at radius 1 is 1.50 bits per heavy atom. The maximum absolute atomic E-state index is 12.3. The molecule has 0 atom stereocenters. The van der Waals surface area contributed by atoms with E-state index in [-0.39, 0.29) is 11.3 Å². The molecule has 5 nitrogen and oxygen atoms in total. The van der Waals surface area contributed by atoms with Crippen molar-refractivity contribution < 1.29 is 4.79 Å². The standard InChI is InChI=1S/C13H18N4O/c1-13(6-4-3-5-7-13)12(18)16-11-10(8-14)9-15-17(11)2/h9H,3-7H2,1-2H3,(H,16,18). The van der Waals surface area contributed by atoms with Crippen LogP contribution in [0.15, 0.2) is 6.20 Å². The lowest BCUT2D eigenvalue weighted by Gasteiger charge is -2.31. The SMILES string of the molecule is Cn1ncc(C#N)c1NC(=O)C1(C)CCCCC1. The Morgan fingerprint density at radius 3 is 2.78 bits per heavy atom. The van der Waals surface area contributed by atoms with Crippen molar-refractivity contribution in [3.05, 3.63) is 11.8 Å². The lowest BCUT2D eigenvalue weighted by Crippen LogP contribution is -2.36. The number of anilines is 1. The van der Waals surface area contributed by atoms with Gasteiger partial charge in [-0.05, 0) is 12.8 Å². The van der Waals surface area contributed by atoms with Gasteiger partial charge in [0, 0.05) is 12.5 Å². The molecule has 0 spiro atoms. The number of aryl methyl sites for hydroxylation is 1. The zero-order valence-electron chi connectivity index (χ0n) is 10.9. The van der Waals surface area contributed by atoms with Crippen LogP contribution in [0.25, 0.3) is 0 Å². The first-order valence-corrected chi connectivity index (χ1v) is 6.30. The lowest BCUT2D eigenvalue weighted by molar-refractivity contribution is -0.126. The molecule has 1 aromatic rings. The predicted octanol–water partition coefficient (Wildman–Crippen LogP) is 2.20. The van der Waals surface area contributed by atoms with Crippen LogP contribution in [-0.4, -0.2) is 15.7 Å². The van der Waals surface area contributed by atoms with E-state index in [2.05, 4.69) is 10.4 Å². The fourth-order valence-electron chi connectivity index (χ4n) is 2.49. The average molecular weight is 246 g/mol. The Kier molecular flexibility index (Phi) is 3.37. The van der Waals surface area contributed by atoms with Crippen LogP contribution >= 0.6 is 0 Å². The molecule has 1 fully saturated rings. The number of carbonyl (C=O) groups is 1. The van der Waals surface area contributed by atoms with E-state index >= 15 is 0 Å². The minimum absolute atomic E-state index is 0.00213. The van der Waals surface area contributed by atoms with E-state index in [1.54, 1.807) is 7.05 Å². The highest BCUT2D eigenvalue weighted by molar-refractivity contribution is 5.95. The molecule has 18 heavy (non-hydrogen) atoms. The van der Waals surface area contributed by atoms with Gasteiger partial charge in [-0.15, -0.1) is 0 Å². The number of nitrogens with zero attached hydrogens (tertiary/aromatic N) is 3. The van der Waals surface area contributed by atoms with Crippen LogP contribution in [0.4, 0.5) is 5.82 Å².